The van der Waals surface area contributed by atoms with Gasteiger partial charge in [-0.1, -0.05) is 27.2 Å². The molecule has 0 aromatic heterocycles. The van der Waals surface area contributed by atoms with E-state index in [0.29, 0.717) is 18.0 Å². The van der Waals surface area contributed by atoms with Gasteiger partial charge in [-0.15, -0.1) is 12.4 Å². The Morgan fingerprint density at radius 2 is 2.10 bits per heavy atom. The standard InChI is InChI=1S/C16H32N2O2.ClH/c1-16(2,3)15(19-4)10-18-13-7-5-6-12(13)14-11-20-9-8-17-14;/h12-15,17-18H,5-11H2,1-4H3;1H. The van der Waals surface area contributed by atoms with E-state index in [0.717, 1.165) is 26.3 Å². The summed E-state index contributed by atoms with van der Waals surface area (Å²) in [6.07, 6.45) is 4.18. The molecule has 1 heterocycles. The molecule has 0 spiro atoms. The molecule has 4 nitrogen and oxygen atoms in total. The van der Waals surface area contributed by atoms with Gasteiger partial charge in [-0.3, -0.25) is 0 Å². The van der Waals surface area contributed by atoms with Crippen molar-refractivity contribution in [1.82, 2.24) is 10.6 Å². The molecule has 1 saturated carbocycles. The third kappa shape index (κ3) is 5.36. The lowest BCUT2D eigenvalue weighted by atomic mass is 9.88. The first-order valence-electron chi connectivity index (χ1n) is 8.09. The highest BCUT2D eigenvalue weighted by molar-refractivity contribution is 5.85. The first kappa shape index (κ1) is 19.2. The van der Waals surface area contributed by atoms with Crippen molar-refractivity contribution in [2.75, 3.05) is 33.4 Å². The first-order chi connectivity index (χ1) is 9.52. The molecule has 5 heteroatoms. The molecule has 2 N–H and O–H groups in total. The summed E-state index contributed by atoms with van der Waals surface area (Å²) in [7, 11) is 1.82. The number of ether oxygens (including phenoxy) is 2. The highest BCUT2D eigenvalue weighted by Crippen LogP contribution is 2.30. The number of morpholine rings is 1. The fourth-order valence-corrected chi connectivity index (χ4v) is 3.59. The normalized spacial score (nSPS) is 31.7. The SMILES string of the molecule is COC(CNC1CCCC1C1COCCN1)C(C)(C)C.Cl. The average molecular weight is 321 g/mol. The maximum absolute atomic E-state index is 5.65. The molecular weight excluding hydrogens is 288 g/mol. The van der Waals surface area contributed by atoms with E-state index in [1.165, 1.54) is 19.3 Å². The Morgan fingerprint density at radius 1 is 1.33 bits per heavy atom. The van der Waals surface area contributed by atoms with Crippen LogP contribution < -0.4 is 10.6 Å². The zero-order valence-electron chi connectivity index (χ0n) is 14.0. The molecule has 1 aliphatic heterocycles. The third-order valence-electron chi connectivity index (χ3n) is 4.85. The van der Waals surface area contributed by atoms with Gasteiger partial charge in [-0.25, -0.2) is 0 Å². The van der Waals surface area contributed by atoms with Crippen LogP contribution in [0.1, 0.15) is 40.0 Å². The molecule has 0 aromatic rings. The van der Waals surface area contributed by atoms with Crippen molar-refractivity contribution in [2.45, 2.75) is 58.2 Å². The summed E-state index contributed by atoms with van der Waals surface area (Å²) >= 11 is 0. The first-order valence-corrected chi connectivity index (χ1v) is 8.09. The van der Waals surface area contributed by atoms with Crippen LogP contribution in [0.5, 0.6) is 0 Å². The molecule has 4 unspecified atom stereocenters. The third-order valence-corrected chi connectivity index (χ3v) is 4.85. The smallest absolute Gasteiger partial charge is 0.0743 e. The average Bonchev–Trinajstić information content (AvgIpc) is 2.87. The van der Waals surface area contributed by atoms with Crippen LogP contribution in [-0.4, -0.2) is 51.6 Å². The lowest BCUT2D eigenvalue weighted by Crippen LogP contribution is -2.52. The quantitative estimate of drug-likeness (QED) is 0.815. The van der Waals surface area contributed by atoms with E-state index >= 15 is 0 Å². The highest BCUT2D eigenvalue weighted by atomic mass is 35.5. The van der Waals surface area contributed by atoms with Gasteiger partial charge in [0.15, 0.2) is 0 Å². The lowest BCUT2D eigenvalue weighted by molar-refractivity contribution is 0.0120. The molecule has 0 radical (unpaired) electrons. The van der Waals surface area contributed by atoms with Gasteiger partial charge in [0.25, 0.3) is 0 Å². The fraction of sp³-hybridized carbons (Fsp3) is 1.00. The van der Waals surface area contributed by atoms with Gasteiger partial charge in [0.2, 0.25) is 0 Å². The van der Waals surface area contributed by atoms with Crippen LogP contribution >= 0.6 is 12.4 Å². The summed E-state index contributed by atoms with van der Waals surface area (Å²) in [5.74, 6) is 0.702. The van der Waals surface area contributed by atoms with E-state index in [1.54, 1.807) is 0 Å². The van der Waals surface area contributed by atoms with Crippen molar-refractivity contribution in [3.05, 3.63) is 0 Å². The summed E-state index contributed by atoms with van der Waals surface area (Å²) in [6.45, 7) is 10.4. The van der Waals surface area contributed by atoms with E-state index in [1.807, 2.05) is 7.11 Å². The maximum Gasteiger partial charge on any atom is 0.0743 e. The zero-order valence-corrected chi connectivity index (χ0v) is 14.8. The van der Waals surface area contributed by atoms with Gasteiger partial charge < -0.3 is 20.1 Å². The second kappa shape index (κ2) is 8.68. The van der Waals surface area contributed by atoms with Crippen LogP contribution in [0.25, 0.3) is 0 Å². The monoisotopic (exact) mass is 320 g/mol. The number of rotatable bonds is 5. The van der Waals surface area contributed by atoms with Crippen LogP contribution in [0.3, 0.4) is 0 Å². The predicted molar refractivity (Wildman–Crippen MR) is 89.2 cm³/mol. The number of hydrogen-bond acceptors (Lipinski definition) is 4. The molecule has 4 atom stereocenters. The van der Waals surface area contributed by atoms with E-state index in [2.05, 4.69) is 31.4 Å². The Hall–Kier alpha value is 0.130. The number of hydrogen-bond donors (Lipinski definition) is 2. The lowest BCUT2D eigenvalue weighted by Gasteiger charge is -2.35. The van der Waals surface area contributed by atoms with Gasteiger partial charge in [0.05, 0.1) is 19.3 Å². The minimum Gasteiger partial charge on any atom is -0.380 e. The Labute approximate surface area is 136 Å². The Kier molecular flexibility index (Phi) is 7.93. The zero-order chi connectivity index (χ0) is 14.6. The molecule has 2 aliphatic rings. The van der Waals surface area contributed by atoms with Crippen LogP contribution in [0.15, 0.2) is 0 Å². The predicted octanol–water partition coefficient (Wildman–Crippen LogP) is 2.22. The molecule has 21 heavy (non-hydrogen) atoms. The topological polar surface area (TPSA) is 42.5 Å². The van der Waals surface area contributed by atoms with Crippen LogP contribution in [0.2, 0.25) is 0 Å². The fourth-order valence-electron chi connectivity index (χ4n) is 3.59. The molecule has 2 rings (SSSR count). The second-order valence-corrected chi connectivity index (χ2v) is 7.34. The van der Waals surface area contributed by atoms with E-state index < -0.39 is 0 Å². The molecule has 2 fully saturated rings. The molecule has 0 aromatic carbocycles. The van der Waals surface area contributed by atoms with E-state index in [4.69, 9.17) is 9.47 Å². The Balaban J connectivity index is 0.00000220. The summed E-state index contributed by atoms with van der Waals surface area (Å²) in [5, 5.41) is 7.39. The van der Waals surface area contributed by atoms with Crippen molar-refractivity contribution < 1.29 is 9.47 Å². The van der Waals surface area contributed by atoms with Gasteiger partial charge in [0, 0.05) is 32.3 Å². The minimum absolute atomic E-state index is 0. The Morgan fingerprint density at radius 3 is 2.67 bits per heavy atom. The molecule has 0 amide bonds. The molecule has 126 valence electrons. The van der Waals surface area contributed by atoms with Crippen LogP contribution in [0.4, 0.5) is 0 Å². The van der Waals surface area contributed by atoms with Crippen molar-refractivity contribution in [2.24, 2.45) is 11.3 Å². The maximum atomic E-state index is 5.65. The van der Waals surface area contributed by atoms with Crippen molar-refractivity contribution >= 4 is 12.4 Å². The van der Waals surface area contributed by atoms with Crippen molar-refractivity contribution in [3.63, 3.8) is 0 Å². The molecule has 0 bridgehead atoms. The number of halogens is 1. The summed E-state index contributed by atoms with van der Waals surface area (Å²) in [6, 6.07) is 1.13. The van der Waals surface area contributed by atoms with E-state index in [9.17, 15) is 0 Å². The van der Waals surface area contributed by atoms with Gasteiger partial charge >= 0.3 is 0 Å². The summed E-state index contributed by atoms with van der Waals surface area (Å²) in [4.78, 5) is 0. The molecular formula is C16H33ClN2O2. The van der Waals surface area contributed by atoms with Crippen LogP contribution in [-0.2, 0) is 9.47 Å². The highest BCUT2D eigenvalue weighted by Gasteiger charge is 2.35. The summed E-state index contributed by atoms with van der Waals surface area (Å²) < 4.78 is 11.3. The largest absolute Gasteiger partial charge is 0.380 e. The van der Waals surface area contributed by atoms with Crippen LogP contribution in [0, 0.1) is 11.3 Å². The van der Waals surface area contributed by atoms with Gasteiger partial charge in [-0.05, 0) is 24.2 Å². The minimum atomic E-state index is 0. The van der Waals surface area contributed by atoms with Gasteiger partial charge in [0.1, 0.15) is 0 Å². The Bertz CT molecular complexity index is 290. The van der Waals surface area contributed by atoms with Gasteiger partial charge in [-0.2, -0.15) is 0 Å². The molecule has 1 aliphatic carbocycles. The summed E-state index contributed by atoms with van der Waals surface area (Å²) in [5.41, 5.74) is 0.183. The second-order valence-electron chi connectivity index (χ2n) is 7.34. The molecule has 1 saturated heterocycles. The van der Waals surface area contributed by atoms with E-state index in [-0.39, 0.29) is 23.9 Å². The van der Waals surface area contributed by atoms with Crippen molar-refractivity contribution in [1.29, 1.82) is 0 Å². The van der Waals surface area contributed by atoms with Crippen molar-refractivity contribution in [3.8, 4) is 0 Å². The number of nitrogens with one attached hydrogen (secondary N) is 2. The number of methoxy groups -OCH3 is 1.